The van der Waals surface area contributed by atoms with E-state index in [1.165, 1.54) is 48.3 Å². The number of H-pyrrole nitrogens is 1. The molecule has 0 saturated heterocycles. The second-order valence-corrected chi connectivity index (χ2v) is 5.65. The van der Waals surface area contributed by atoms with Crippen LogP contribution in [0.2, 0.25) is 0 Å². The van der Waals surface area contributed by atoms with E-state index in [4.69, 9.17) is 0 Å². The summed E-state index contributed by atoms with van der Waals surface area (Å²) >= 11 is 0. The fourth-order valence-corrected chi connectivity index (χ4v) is 3.74. The maximum absolute atomic E-state index is 4.25. The highest BCUT2D eigenvalue weighted by Crippen LogP contribution is 2.44. The molecule has 2 aromatic rings. The Hall–Kier alpha value is -1.61. The molecule has 1 aromatic heterocycles. The van der Waals surface area contributed by atoms with Crippen molar-refractivity contribution in [3.05, 3.63) is 41.1 Å². The molecule has 1 unspecified atom stereocenters. The molecule has 2 heterocycles. The third-order valence-corrected chi connectivity index (χ3v) is 4.55. The van der Waals surface area contributed by atoms with Crippen LogP contribution in [-0.4, -0.2) is 28.2 Å². The molecule has 0 fully saturated rings. The maximum Gasteiger partial charge on any atom is 0.0686 e. The first kappa shape index (κ1) is 11.2. The molecule has 98 valence electrons. The minimum absolute atomic E-state index is 0.560. The predicted octanol–water partition coefficient (Wildman–Crippen LogP) is 2.94. The summed E-state index contributed by atoms with van der Waals surface area (Å²) in [6, 6.07) is 7.30. The van der Waals surface area contributed by atoms with Crippen LogP contribution in [0.4, 0.5) is 0 Å². The number of benzene rings is 1. The number of hydrogen-bond acceptors (Lipinski definition) is 2. The Morgan fingerprint density at radius 1 is 1.37 bits per heavy atom. The molecule has 1 aliphatic heterocycles. The SMILES string of the molecule is CCCN1CCc2cccc3c2C1Cc1cn[nH]c1-3. The Labute approximate surface area is 113 Å². The van der Waals surface area contributed by atoms with Crippen molar-refractivity contribution in [2.45, 2.75) is 32.2 Å². The molecule has 2 aliphatic rings. The van der Waals surface area contributed by atoms with Crippen molar-refractivity contribution >= 4 is 0 Å². The Bertz CT molecular complexity index is 614. The molecule has 1 aliphatic carbocycles. The van der Waals surface area contributed by atoms with Gasteiger partial charge in [0.05, 0.1) is 11.9 Å². The number of nitrogens with zero attached hydrogens (tertiary/aromatic N) is 2. The lowest BCUT2D eigenvalue weighted by molar-refractivity contribution is 0.183. The van der Waals surface area contributed by atoms with Gasteiger partial charge in [-0.3, -0.25) is 10.00 Å². The fraction of sp³-hybridized carbons (Fsp3) is 0.438. The van der Waals surface area contributed by atoms with Gasteiger partial charge in [-0.05, 0) is 42.5 Å². The van der Waals surface area contributed by atoms with Crippen molar-refractivity contribution in [2.75, 3.05) is 13.1 Å². The van der Waals surface area contributed by atoms with Crippen molar-refractivity contribution in [3.63, 3.8) is 0 Å². The van der Waals surface area contributed by atoms with E-state index in [0.717, 1.165) is 6.42 Å². The average Bonchev–Trinajstić information content (AvgIpc) is 2.90. The summed E-state index contributed by atoms with van der Waals surface area (Å²) in [5, 5.41) is 7.44. The van der Waals surface area contributed by atoms with Gasteiger partial charge in [-0.2, -0.15) is 5.10 Å². The highest BCUT2D eigenvalue weighted by Gasteiger charge is 2.34. The lowest BCUT2D eigenvalue weighted by Gasteiger charge is -2.40. The van der Waals surface area contributed by atoms with E-state index in [1.54, 1.807) is 5.56 Å². The van der Waals surface area contributed by atoms with E-state index in [2.05, 4.69) is 40.2 Å². The molecule has 1 aromatic carbocycles. The number of aromatic amines is 1. The van der Waals surface area contributed by atoms with Crippen LogP contribution in [0.15, 0.2) is 24.4 Å². The molecule has 0 saturated carbocycles. The molecule has 1 N–H and O–H groups in total. The molecule has 0 radical (unpaired) electrons. The van der Waals surface area contributed by atoms with Gasteiger partial charge in [-0.15, -0.1) is 0 Å². The molecule has 0 bridgehead atoms. The molecular formula is C16H19N3. The van der Waals surface area contributed by atoms with Crippen LogP contribution in [0.25, 0.3) is 11.3 Å². The van der Waals surface area contributed by atoms with Gasteiger partial charge in [0.25, 0.3) is 0 Å². The average molecular weight is 253 g/mol. The molecule has 4 rings (SSSR count). The Balaban J connectivity index is 1.90. The smallest absolute Gasteiger partial charge is 0.0686 e. The van der Waals surface area contributed by atoms with Gasteiger partial charge in [-0.1, -0.05) is 25.1 Å². The third-order valence-electron chi connectivity index (χ3n) is 4.55. The normalized spacial score (nSPS) is 21.0. The van der Waals surface area contributed by atoms with Crippen LogP contribution in [0.3, 0.4) is 0 Å². The summed E-state index contributed by atoms with van der Waals surface area (Å²) < 4.78 is 0. The van der Waals surface area contributed by atoms with Crippen LogP contribution in [0, 0.1) is 0 Å². The minimum Gasteiger partial charge on any atom is -0.296 e. The Morgan fingerprint density at radius 2 is 2.32 bits per heavy atom. The van der Waals surface area contributed by atoms with Gasteiger partial charge in [0, 0.05) is 18.2 Å². The molecule has 0 amide bonds. The zero-order valence-corrected chi connectivity index (χ0v) is 11.3. The minimum atomic E-state index is 0.560. The van der Waals surface area contributed by atoms with Gasteiger partial charge < -0.3 is 0 Å². The molecule has 3 nitrogen and oxygen atoms in total. The fourth-order valence-electron chi connectivity index (χ4n) is 3.74. The van der Waals surface area contributed by atoms with Crippen LogP contribution in [-0.2, 0) is 12.8 Å². The van der Waals surface area contributed by atoms with E-state index < -0.39 is 0 Å². The third kappa shape index (κ3) is 1.58. The van der Waals surface area contributed by atoms with Crippen LogP contribution in [0.5, 0.6) is 0 Å². The van der Waals surface area contributed by atoms with E-state index in [9.17, 15) is 0 Å². The lowest BCUT2D eigenvalue weighted by atomic mass is 9.80. The second-order valence-electron chi connectivity index (χ2n) is 5.65. The van der Waals surface area contributed by atoms with Gasteiger partial charge in [0.2, 0.25) is 0 Å². The summed E-state index contributed by atoms with van der Waals surface area (Å²) in [4.78, 5) is 2.65. The summed E-state index contributed by atoms with van der Waals surface area (Å²) in [6.45, 7) is 4.67. The van der Waals surface area contributed by atoms with E-state index in [1.807, 2.05) is 6.20 Å². The Morgan fingerprint density at radius 3 is 3.21 bits per heavy atom. The number of fused-ring (bicyclic) bond motifs is 2. The molecule has 3 heteroatoms. The van der Waals surface area contributed by atoms with Gasteiger partial charge in [-0.25, -0.2) is 0 Å². The van der Waals surface area contributed by atoms with Gasteiger partial charge in [0.1, 0.15) is 0 Å². The number of aromatic nitrogens is 2. The number of hydrogen-bond donors (Lipinski definition) is 1. The number of rotatable bonds is 2. The van der Waals surface area contributed by atoms with E-state index >= 15 is 0 Å². The van der Waals surface area contributed by atoms with Crippen molar-refractivity contribution in [1.29, 1.82) is 0 Å². The largest absolute Gasteiger partial charge is 0.296 e. The van der Waals surface area contributed by atoms with E-state index in [0.29, 0.717) is 6.04 Å². The summed E-state index contributed by atoms with van der Waals surface area (Å²) in [7, 11) is 0. The van der Waals surface area contributed by atoms with Crippen LogP contribution < -0.4 is 0 Å². The van der Waals surface area contributed by atoms with Crippen molar-refractivity contribution in [1.82, 2.24) is 15.1 Å². The maximum atomic E-state index is 4.25. The quantitative estimate of drug-likeness (QED) is 0.892. The van der Waals surface area contributed by atoms with Crippen molar-refractivity contribution in [3.8, 4) is 11.3 Å². The number of nitrogens with one attached hydrogen (secondary N) is 1. The molecular weight excluding hydrogens is 234 g/mol. The summed E-state index contributed by atoms with van der Waals surface area (Å²) in [5.41, 5.74) is 7.08. The molecule has 1 atom stereocenters. The zero-order chi connectivity index (χ0) is 12.8. The second kappa shape index (κ2) is 4.20. The Kier molecular flexibility index (Phi) is 2.49. The highest BCUT2D eigenvalue weighted by molar-refractivity contribution is 5.72. The standard InChI is InChI=1S/C16H19N3/c1-2-7-19-8-6-11-4-3-5-13-15(11)14(19)9-12-10-17-18-16(12)13/h3-5,10,14H,2,6-9H2,1H3,(H,17,18). The summed E-state index contributed by atoms with van der Waals surface area (Å²) in [5.74, 6) is 0. The monoisotopic (exact) mass is 253 g/mol. The topological polar surface area (TPSA) is 31.9 Å². The summed E-state index contributed by atoms with van der Waals surface area (Å²) in [6.07, 6.45) is 5.52. The van der Waals surface area contributed by atoms with Crippen LogP contribution >= 0.6 is 0 Å². The first-order chi connectivity index (χ1) is 9.38. The van der Waals surface area contributed by atoms with E-state index in [-0.39, 0.29) is 0 Å². The van der Waals surface area contributed by atoms with Crippen molar-refractivity contribution < 1.29 is 0 Å². The van der Waals surface area contributed by atoms with Gasteiger partial charge >= 0.3 is 0 Å². The highest BCUT2D eigenvalue weighted by atomic mass is 15.2. The first-order valence-corrected chi connectivity index (χ1v) is 7.27. The first-order valence-electron chi connectivity index (χ1n) is 7.27. The van der Waals surface area contributed by atoms with Gasteiger partial charge in [0.15, 0.2) is 0 Å². The molecule has 0 spiro atoms. The predicted molar refractivity (Wildman–Crippen MR) is 76.0 cm³/mol. The lowest BCUT2D eigenvalue weighted by Crippen LogP contribution is -2.38. The van der Waals surface area contributed by atoms with Crippen LogP contribution in [0.1, 0.15) is 36.1 Å². The zero-order valence-electron chi connectivity index (χ0n) is 11.3. The molecule has 19 heavy (non-hydrogen) atoms. The van der Waals surface area contributed by atoms with Crippen molar-refractivity contribution in [2.24, 2.45) is 0 Å².